The van der Waals surface area contributed by atoms with Gasteiger partial charge in [-0.1, -0.05) is 18.2 Å². The Morgan fingerprint density at radius 2 is 2.10 bits per heavy atom. The van der Waals surface area contributed by atoms with Crippen LogP contribution in [0.15, 0.2) is 0 Å². The van der Waals surface area contributed by atoms with Gasteiger partial charge in [0.05, 0.1) is 0 Å². The van der Waals surface area contributed by atoms with Gasteiger partial charge < -0.3 is 10.8 Å². The van der Waals surface area contributed by atoms with Crippen LogP contribution in [0.3, 0.4) is 0 Å². The Labute approximate surface area is 65.5 Å². The molecule has 3 nitrogen and oxygen atoms in total. The third-order valence-corrected chi connectivity index (χ3v) is 1.86. The molecule has 0 aliphatic rings. The summed E-state index contributed by atoms with van der Waals surface area (Å²) in [6, 6.07) is 0. The van der Waals surface area contributed by atoms with Gasteiger partial charge in [0.1, 0.15) is 0 Å². The maximum atomic E-state index is 8.40. The molecule has 4 heteroatoms. The first kappa shape index (κ1) is 9.78. The zero-order valence-corrected chi connectivity index (χ0v) is 6.78. The van der Waals surface area contributed by atoms with Gasteiger partial charge in [0.2, 0.25) is 0 Å². The van der Waals surface area contributed by atoms with E-state index in [4.69, 9.17) is 16.2 Å². The number of nitrogens with two attached hydrogens (primary N) is 1. The van der Waals surface area contributed by atoms with Gasteiger partial charge in [-0.25, -0.2) is 0 Å². The highest BCUT2D eigenvalue weighted by molar-refractivity contribution is 8.13. The highest BCUT2D eigenvalue weighted by atomic mass is 32.2. The molecule has 0 aromatic rings. The Balaban J connectivity index is 2.84. The van der Waals surface area contributed by atoms with Crippen molar-refractivity contribution >= 4 is 16.9 Å². The van der Waals surface area contributed by atoms with Gasteiger partial charge in [-0.05, 0) is 12.8 Å². The molecule has 0 unspecified atom stereocenters. The third kappa shape index (κ3) is 7.78. The minimum atomic E-state index is 0.184. The molecule has 60 valence electrons. The molecule has 0 aliphatic carbocycles. The van der Waals surface area contributed by atoms with Crippen LogP contribution in [0.25, 0.3) is 0 Å². The lowest BCUT2D eigenvalue weighted by Gasteiger charge is -1.96. The predicted molar refractivity (Wildman–Crippen MR) is 45.3 cm³/mol. The van der Waals surface area contributed by atoms with Gasteiger partial charge in [-0.3, -0.25) is 5.41 Å². The lowest BCUT2D eigenvalue weighted by Crippen LogP contribution is -2.04. The molecule has 0 saturated carbocycles. The van der Waals surface area contributed by atoms with E-state index in [9.17, 15) is 0 Å². The molecule has 0 aliphatic heterocycles. The Bertz CT molecular complexity index is 97.7. The van der Waals surface area contributed by atoms with Crippen molar-refractivity contribution in [1.82, 2.24) is 0 Å². The average Bonchev–Trinajstić information content (AvgIpc) is 1.87. The van der Waals surface area contributed by atoms with E-state index in [0.717, 1.165) is 25.0 Å². The summed E-state index contributed by atoms with van der Waals surface area (Å²) < 4.78 is 0. The van der Waals surface area contributed by atoms with Crippen LogP contribution >= 0.6 is 11.8 Å². The summed E-state index contributed by atoms with van der Waals surface area (Å²) in [5.74, 6) is 0.898. The zero-order valence-electron chi connectivity index (χ0n) is 5.97. The summed E-state index contributed by atoms with van der Waals surface area (Å²) in [5.41, 5.74) is 5.10. The second-order valence-electron chi connectivity index (χ2n) is 2.00. The number of aliphatic hydroxyl groups is 1. The molecule has 0 aromatic heterocycles. The summed E-state index contributed by atoms with van der Waals surface area (Å²) in [7, 11) is 0. The van der Waals surface area contributed by atoms with Crippen LogP contribution in [-0.2, 0) is 0 Å². The standard InChI is InChI=1S/C6H14N2OS/c7-6(8)10-5-3-1-2-4-9/h9H,1-5H2,(H3,7,8). The molecule has 0 saturated heterocycles. The van der Waals surface area contributed by atoms with Crippen molar-refractivity contribution in [2.75, 3.05) is 12.4 Å². The van der Waals surface area contributed by atoms with Gasteiger partial charge in [0.25, 0.3) is 0 Å². The Morgan fingerprint density at radius 3 is 2.60 bits per heavy atom. The van der Waals surface area contributed by atoms with Gasteiger partial charge in [0.15, 0.2) is 5.17 Å². The first-order valence-electron chi connectivity index (χ1n) is 3.35. The minimum Gasteiger partial charge on any atom is -0.396 e. The van der Waals surface area contributed by atoms with Crippen LogP contribution in [0.4, 0.5) is 0 Å². The van der Waals surface area contributed by atoms with E-state index in [-0.39, 0.29) is 11.8 Å². The van der Waals surface area contributed by atoms with Crippen molar-refractivity contribution in [2.45, 2.75) is 19.3 Å². The molecule has 0 atom stereocenters. The van der Waals surface area contributed by atoms with Crippen molar-refractivity contribution < 1.29 is 5.11 Å². The van der Waals surface area contributed by atoms with E-state index in [1.807, 2.05) is 0 Å². The third-order valence-electron chi connectivity index (χ3n) is 1.06. The fourth-order valence-corrected chi connectivity index (χ4v) is 1.14. The van der Waals surface area contributed by atoms with Crippen molar-refractivity contribution in [3.05, 3.63) is 0 Å². The van der Waals surface area contributed by atoms with Gasteiger partial charge in [-0.2, -0.15) is 0 Å². The molecule has 0 spiro atoms. The summed E-state index contributed by atoms with van der Waals surface area (Å²) in [5, 5.41) is 15.5. The normalized spacial score (nSPS) is 9.70. The van der Waals surface area contributed by atoms with Gasteiger partial charge >= 0.3 is 0 Å². The summed E-state index contributed by atoms with van der Waals surface area (Å²) in [6.07, 6.45) is 2.92. The molecule has 4 N–H and O–H groups in total. The summed E-state index contributed by atoms with van der Waals surface area (Å²) in [6.45, 7) is 0.269. The zero-order chi connectivity index (χ0) is 7.82. The highest BCUT2D eigenvalue weighted by Crippen LogP contribution is 2.04. The smallest absolute Gasteiger partial charge is 0.151 e. The Morgan fingerprint density at radius 1 is 1.40 bits per heavy atom. The monoisotopic (exact) mass is 162 g/mol. The van der Waals surface area contributed by atoms with E-state index >= 15 is 0 Å². The first-order chi connectivity index (χ1) is 4.77. The number of nitrogens with one attached hydrogen (secondary N) is 1. The van der Waals surface area contributed by atoms with Crippen LogP contribution in [0, 0.1) is 5.41 Å². The fraction of sp³-hybridized carbons (Fsp3) is 0.833. The number of thioether (sulfide) groups is 1. The van der Waals surface area contributed by atoms with Crippen LogP contribution < -0.4 is 5.73 Å². The molecular formula is C6H14N2OS. The molecule has 0 rings (SSSR count). The topological polar surface area (TPSA) is 70.1 Å². The maximum Gasteiger partial charge on any atom is 0.151 e. The van der Waals surface area contributed by atoms with Crippen LogP contribution in [0.2, 0.25) is 0 Å². The number of rotatable bonds is 5. The second kappa shape index (κ2) is 6.89. The van der Waals surface area contributed by atoms with Crippen molar-refractivity contribution in [3.63, 3.8) is 0 Å². The van der Waals surface area contributed by atoms with Crippen molar-refractivity contribution in [1.29, 1.82) is 5.41 Å². The quantitative estimate of drug-likeness (QED) is 0.318. The van der Waals surface area contributed by atoms with Crippen LogP contribution in [-0.4, -0.2) is 22.6 Å². The van der Waals surface area contributed by atoms with E-state index in [2.05, 4.69) is 0 Å². The molecule has 0 amide bonds. The number of hydrogen-bond donors (Lipinski definition) is 3. The Kier molecular flexibility index (Phi) is 6.74. The van der Waals surface area contributed by atoms with Crippen LogP contribution in [0.1, 0.15) is 19.3 Å². The predicted octanol–water partition coefficient (Wildman–Crippen LogP) is 0.776. The number of hydrogen-bond acceptors (Lipinski definition) is 3. The largest absolute Gasteiger partial charge is 0.396 e. The lowest BCUT2D eigenvalue weighted by atomic mass is 10.3. The average molecular weight is 162 g/mol. The van der Waals surface area contributed by atoms with E-state index in [0.29, 0.717) is 0 Å². The minimum absolute atomic E-state index is 0.184. The Hall–Kier alpha value is -0.220. The van der Waals surface area contributed by atoms with Crippen molar-refractivity contribution in [3.8, 4) is 0 Å². The van der Waals surface area contributed by atoms with Gasteiger partial charge in [-0.15, -0.1) is 0 Å². The van der Waals surface area contributed by atoms with E-state index < -0.39 is 0 Å². The summed E-state index contributed by atoms with van der Waals surface area (Å²) >= 11 is 1.36. The first-order valence-corrected chi connectivity index (χ1v) is 4.33. The summed E-state index contributed by atoms with van der Waals surface area (Å²) in [4.78, 5) is 0. The molecule has 0 heterocycles. The molecule has 0 radical (unpaired) electrons. The van der Waals surface area contributed by atoms with E-state index in [1.54, 1.807) is 0 Å². The van der Waals surface area contributed by atoms with Crippen LogP contribution in [0.5, 0.6) is 0 Å². The number of unbranched alkanes of at least 4 members (excludes halogenated alkanes) is 2. The lowest BCUT2D eigenvalue weighted by molar-refractivity contribution is 0.284. The molecule has 10 heavy (non-hydrogen) atoms. The van der Waals surface area contributed by atoms with Gasteiger partial charge in [0, 0.05) is 12.4 Å². The molecular weight excluding hydrogens is 148 g/mol. The second-order valence-corrected chi connectivity index (χ2v) is 3.13. The maximum absolute atomic E-state index is 8.40. The molecule has 0 aromatic carbocycles. The van der Waals surface area contributed by atoms with E-state index in [1.165, 1.54) is 11.8 Å². The SMILES string of the molecule is N=C(N)SCCCCCO. The molecule has 0 bridgehead atoms. The number of amidine groups is 1. The molecule has 0 fully saturated rings. The highest BCUT2D eigenvalue weighted by Gasteiger charge is 1.90. The van der Waals surface area contributed by atoms with Crippen molar-refractivity contribution in [2.24, 2.45) is 5.73 Å². The fourth-order valence-electron chi connectivity index (χ4n) is 0.573. The number of aliphatic hydroxyl groups excluding tert-OH is 1.